The zero-order chi connectivity index (χ0) is 17.1. The van der Waals surface area contributed by atoms with Crippen molar-refractivity contribution < 1.29 is 5.11 Å². The van der Waals surface area contributed by atoms with Crippen LogP contribution in [-0.2, 0) is 6.42 Å². The summed E-state index contributed by atoms with van der Waals surface area (Å²) in [5, 5.41) is 10.8. The molecular formula is C23H24O. The maximum absolute atomic E-state index is 10.8. The molecule has 24 heavy (non-hydrogen) atoms. The summed E-state index contributed by atoms with van der Waals surface area (Å²) in [5.41, 5.74) is 6.94. The van der Waals surface area contributed by atoms with Gasteiger partial charge in [-0.25, -0.2) is 0 Å². The van der Waals surface area contributed by atoms with Crippen LogP contribution in [0.1, 0.15) is 37.8 Å². The van der Waals surface area contributed by atoms with Gasteiger partial charge in [-0.05, 0) is 46.2 Å². The number of hydrogen-bond acceptors (Lipinski definition) is 1. The van der Waals surface area contributed by atoms with Crippen molar-refractivity contribution in [3.8, 4) is 28.0 Å². The molecule has 0 spiro atoms. The van der Waals surface area contributed by atoms with Gasteiger partial charge in [-0.15, -0.1) is 0 Å². The van der Waals surface area contributed by atoms with E-state index < -0.39 is 0 Å². The van der Waals surface area contributed by atoms with Crippen molar-refractivity contribution in [1.29, 1.82) is 0 Å². The predicted molar refractivity (Wildman–Crippen MR) is 102 cm³/mol. The van der Waals surface area contributed by atoms with E-state index in [0.717, 1.165) is 17.5 Å². The van der Waals surface area contributed by atoms with Gasteiger partial charge >= 0.3 is 0 Å². The topological polar surface area (TPSA) is 20.2 Å². The smallest absolute Gasteiger partial charge is 0.124 e. The first-order valence-corrected chi connectivity index (χ1v) is 8.63. The molecule has 1 nitrogen and oxygen atoms in total. The van der Waals surface area contributed by atoms with E-state index in [0.29, 0.717) is 11.7 Å². The Hall–Kier alpha value is -2.54. The van der Waals surface area contributed by atoms with Crippen LogP contribution >= 0.6 is 0 Å². The van der Waals surface area contributed by atoms with Crippen LogP contribution in [0, 0.1) is 0 Å². The van der Waals surface area contributed by atoms with E-state index in [1.807, 2.05) is 30.3 Å². The molecule has 0 unspecified atom stereocenters. The molecule has 0 saturated carbocycles. The number of hydrogen-bond donors (Lipinski definition) is 1. The van der Waals surface area contributed by atoms with Crippen molar-refractivity contribution in [2.75, 3.05) is 0 Å². The Kier molecular flexibility index (Phi) is 4.71. The highest BCUT2D eigenvalue weighted by molar-refractivity contribution is 5.85. The Labute approximate surface area is 144 Å². The maximum Gasteiger partial charge on any atom is 0.124 e. The number of phenolic OH excluding ortho intramolecular Hbond substituents is 1. The van der Waals surface area contributed by atoms with Crippen LogP contribution < -0.4 is 0 Å². The fourth-order valence-electron chi connectivity index (χ4n) is 3.46. The molecule has 0 aliphatic carbocycles. The maximum atomic E-state index is 10.8. The number of phenols is 1. The van der Waals surface area contributed by atoms with E-state index in [2.05, 4.69) is 57.2 Å². The quantitative estimate of drug-likeness (QED) is 0.589. The lowest BCUT2D eigenvalue weighted by molar-refractivity contribution is 0.475. The molecule has 0 fully saturated rings. The van der Waals surface area contributed by atoms with Crippen molar-refractivity contribution in [2.45, 2.75) is 33.1 Å². The van der Waals surface area contributed by atoms with Crippen molar-refractivity contribution in [3.05, 3.63) is 77.9 Å². The minimum Gasteiger partial charge on any atom is -0.507 e. The number of benzene rings is 3. The molecule has 0 radical (unpaired) electrons. The SMILES string of the molecule is CCc1cc(O)c(-c2ccccc2)c(C(C)C)c1-c1ccccc1. The minimum atomic E-state index is 0.313. The largest absolute Gasteiger partial charge is 0.507 e. The first kappa shape index (κ1) is 16.3. The van der Waals surface area contributed by atoms with Crippen molar-refractivity contribution in [3.63, 3.8) is 0 Å². The highest BCUT2D eigenvalue weighted by Gasteiger charge is 2.21. The molecule has 3 aromatic carbocycles. The van der Waals surface area contributed by atoms with Crippen LogP contribution in [0.15, 0.2) is 66.7 Å². The third-order valence-corrected chi connectivity index (χ3v) is 4.51. The van der Waals surface area contributed by atoms with Gasteiger partial charge in [0.1, 0.15) is 5.75 Å². The Morgan fingerprint density at radius 1 is 0.792 bits per heavy atom. The average Bonchev–Trinajstić information content (AvgIpc) is 2.62. The second-order valence-corrected chi connectivity index (χ2v) is 6.46. The number of aryl methyl sites for hydroxylation is 1. The van der Waals surface area contributed by atoms with E-state index in [-0.39, 0.29) is 0 Å². The van der Waals surface area contributed by atoms with Crippen molar-refractivity contribution in [2.24, 2.45) is 0 Å². The highest BCUT2D eigenvalue weighted by atomic mass is 16.3. The van der Waals surface area contributed by atoms with Crippen LogP contribution in [-0.4, -0.2) is 5.11 Å². The predicted octanol–water partition coefficient (Wildman–Crippen LogP) is 6.41. The summed E-state index contributed by atoms with van der Waals surface area (Å²) in [6.45, 7) is 6.55. The van der Waals surface area contributed by atoms with E-state index in [1.54, 1.807) is 0 Å². The van der Waals surface area contributed by atoms with Gasteiger partial charge in [0.25, 0.3) is 0 Å². The van der Waals surface area contributed by atoms with Crippen molar-refractivity contribution >= 4 is 0 Å². The molecule has 3 aromatic rings. The molecule has 3 rings (SSSR count). The normalized spacial score (nSPS) is 11.0. The second-order valence-electron chi connectivity index (χ2n) is 6.46. The van der Waals surface area contributed by atoms with Crippen LogP contribution in [0.2, 0.25) is 0 Å². The summed E-state index contributed by atoms with van der Waals surface area (Å²) in [5.74, 6) is 0.689. The zero-order valence-electron chi connectivity index (χ0n) is 14.6. The lowest BCUT2D eigenvalue weighted by Crippen LogP contribution is -2.01. The standard InChI is InChI=1S/C23H24O/c1-4-17-15-20(24)23(19-13-9-6-10-14-19)21(16(2)3)22(17)18-11-7-5-8-12-18/h5-16,24H,4H2,1-3H3. The van der Waals surface area contributed by atoms with Gasteiger partial charge in [0.05, 0.1) is 0 Å². The first-order valence-electron chi connectivity index (χ1n) is 8.63. The van der Waals surface area contributed by atoms with E-state index in [1.165, 1.54) is 22.3 Å². The average molecular weight is 316 g/mol. The van der Waals surface area contributed by atoms with E-state index >= 15 is 0 Å². The Bertz CT molecular complexity index is 818. The summed E-state index contributed by atoms with van der Waals surface area (Å²) >= 11 is 0. The molecule has 0 amide bonds. The summed E-state index contributed by atoms with van der Waals surface area (Å²) in [6.07, 6.45) is 0.895. The Balaban J connectivity index is 2.40. The molecule has 0 heterocycles. The molecule has 0 aromatic heterocycles. The lowest BCUT2D eigenvalue weighted by atomic mass is 9.82. The van der Waals surface area contributed by atoms with Crippen molar-refractivity contribution in [1.82, 2.24) is 0 Å². The summed E-state index contributed by atoms with van der Waals surface area (Å²) in [6, 6.07) is 22.7. The molecule has 1 N–H and O–H groups in total. The zero-order valence-corrected chi connectivity index (χ0v) is 14.6. The Morgan fingerprint density at radius 2 is 1.29 bits per heavy atom. The fourth-order valence-corrected chi connectivity index (χ4v) is 3.46. The van der Waals surface area contributed by atoms with Crippen LogP contribution in [0.5, 0.6) is 5.75 Å². The first-order chi connectivity index (χ1) is 11.6. The van der Waals surface area contributed by atoms with Gasteiger partial charge in [0.2, 0.25) is 0 Å². The summed E-state index contributed by atoms with van der Waals surface area (Å²) in [7, 11) is 0. The van der Waals surface area contributed by atoms with Gasteiger partial charge in [0.15, 0.2) is 0 Å². The van der Waals surface area contributed by atoms with Gasteiger partial charge < -0.3 is 5.11 Å². The lowest BCUT2D eigenvalue weighted by Gasteiger charge is -2.23. The molecule has 0 aliphatic heterocycles. The van der Waals surface area contributed by atoms with Gasteiger partial charge in [-0.3, -0.25) is 0 Å². The molecule has 0 atom stereocenters. The molecule has 0 bridgehead atoms. The molecule has 1 heteroatoms. The second kappa shape index (κ2) is 6.92. The highest BCUT2D eigenvalue weighted by Crippen LogP contribution is 2.44. The minimum absolute atomic E-state index is 0.313. The fraction of sp³-hybridized carbons (Fsp3) is 0.217. The van der Waals surface area contributed by atoms with Crippen LogP contribution in [0.25, 0.3) is 22.3 Å². The van der Waals surface area contributed by atoms with Crippen LogP contribution in [0.4, 0.5) is 0 Å². The monoisotopic (exact) mass is 316 g/mol. The summed E-state index contributed by atoms with van der Waals surface area (Å²) < 4.78 is 0. The number of aromatic hydroxyl groups is 1. The Morgan fingerprint density at radius 3 is 1.75 bits per heavy atom. The third kappa shape index (κ3) is 2.94. The van der Waals surface area contributed by atoms with E-state index in [9.17, 15) is 5.11 Å². The van der Waals surface area contributed by atoms with Gasteiger partial charge in [-0.2, -0.15) is 0 Å². The molecular weight excluding hydrogens is 292 g/mol. The van der Waals surface area contributed by atoms with E-state index in [4.69, 9.17) is 0 Å². The van der Waals surface area contributed by atoms with Gasteiger partial charge in [-0.1, -0.05) is 81.4 Å². The molecule has 0 aliphatic rings. The summed E-state index contributed by atoms with van der Waals surface area (Å²) in [4.78, 5) is 0. The van der Waals surface area contributed by atoms with Crippen LogP contribution in [0.3, 0.4) is 0 Å². The third-order valence-electron chi connectivity index (χ3n) is 4.51. The molecule has 0 saturated heterocycles. The molecule has 122 valence electrons. The number of rotatable bonds is 4. The van der Waals surface area contributed by atoms with Gasteiger partial charge in [0, 0.05) is 5.56 Å².